The first-order valence-corrected chi connectivity index (χ1v) is 13.0. The van der Waals surface area contributed by atoms with Gasteiger partial charge in [0, 0.05) is 30.6 Å². The maximum absolute atomic E-state index is 11.8. The SMILES string of the molecule is CCc1sc(-c2ccccc2)c2c1COC2=O.CCc1sc(-c2ccccc2)c2c1COC2=O. The highest BCUT2D eigenvalue weighted by Gasteiger charge is 2.31. The normalized spacial score (nSPS) is 13.6. The van der Waals surface area contributed by atoms with E-state index in [0.717, 1.165) is 56.0 Å². The highest BCUT2D eigenvalue weighted by molar-refractivity contribution is 7.16. The Balaban J connectivity index is 0.000000142. The summed E-state index contributed by atoms with van der Waals surface area (Å²) in [4.78, 5) is 28.2. The minimum atomic E-state index is -0.171. The molecule has 2 aliphatic rings. The van der Waals surface area contributed by atoms with Crippen molar-refractivity contribution in [3.8, 4) is 20.9 Å². The third-order valence-corrected chi connectivity index (χ3v) is 8.85. The van der Waals surface area contributed by atoms with Crippen molar-refractivity contribution >= 4 is 34.6 Å². The van der Waals surface area contributed by atoms with Gasteiger partial charge in [-0.05, 0) is 24.0 Å². The number of aryl methyl sites for hydroxylation is 2. The van der Waals surface area contributed by atoms with E-state index < -0.39 is 0 Å². The molecule has 172 valence electrons. The molecule has 4 heterocycles. The molecule has 6 heteroatoms. The molecule has 0 bridgehead atoms. The van der Waals surface area contributed by atoms with Crippen LogP contribution >= 0.6 is 22.7 Å². The number of fused-ring (bicyclic) bond motifs is 2. The molecule has 0 spiro atoms. The zero-order chi connectivity index (χ0) is 23.7. The Hall–Kier alpha value is -3.22. The first kappa shape index (κ1) is 22.6. The van der Waals surface area contributed by atoms with E-state index in [4.69, 9.17) is 9.47 Å². The van der Waals surface area contributed by atoms with Crippen LogP contribution in [0.4, 0.5) is 0 Å². The van der Waals surface area contributed by atoms with Gasteiger partial charge in [0.1, 0.15) is 13.2 Å². The van der Waals surface area contributed by atoms with Gasteiger partial charge in [-0.1, -0.05) is 74.5 Å². The third-order valence-electron chi connectivity index (χ3n) is 6.00. The smallest absolute Gasteiger partial charge is 0.340 e. The molecule has 6 rings (SSSR count). The first-order chi connectivity index (χ1) is 16.6. The van der Waals surface area contributed by atoms with Crippen molar-refractivity contribution in [2.24, 2.45) is 0 Å². The molecule has 34 heavy (non-hydrogen) atoms. The number of ether oxygens (including phenoxy) is 2. The fraction of sp³-hybridized carbons (Fsp3) is 0.214. The summed E-state index contributed by atoms with van der Waals surface area (Å²) in [6.07, 6.45) is 1.91. The molecular weight excluding hydrogens is 464 g/mol. The number of hydrogen-bond donors (Lipinski definition) is 0. The number of carbonyl (C=O) groups excluding carboxylic acids is 2. The molecule has 0 unspecified atom stereocenters. The first-order valence-electron chi connectivity index (χ1n) is 11.4. The van der Waals surface area contributed by atoms with Gasteiger partial charge < -0.3 is 9.47 Å². The molecule has 0 N–H and O–H groups in total. The van der Waals surface area contributed by atoms with Crippen molar-refractivity contribution in [1.29, 1.82) is 0 Å². The molecule has 2 aliphatic heterocycles. The van der Waals surface area contributed by atoms with Gasteiger partial charge in [0.25, 0.3) is 0 Å². The molecule has 0 aliphatic carbocycles. The summed E-state index contributed by atoms with van der Waals surface area (Å²) in [5, 5.41) is 0. The van der Waals surface area contributed by atoms with Crippen LogP contribution in [-0.2, 0) is 35.5 Å². The molecule has 0 radical (unpaired) electrons. The van der Waals surface area contributed by atoms with Crippen molar-refractivity contribution in [2.45, 2.75) is 39.9 Å². The minimum absolute atomic E-state index is 0.171. The molecule has 4 aromatic rings. The van der Waals surface area contributed by atoms with E-state index in [9.17, 15) is 9.59 Å². The van der Waals surface area contributed by atoms with E-state index >= 15 is 0 Å². The quantitative estimate of drug-likeness (QED) is 0.283. The Kier molecular flexibility index (Phi) is 6.35. The average molecular weight is 489 g/mol. The maximum Gasteiger partial charge on any atom is 0.340 e. The lowest BCUT2D eigenvalue weighted by Gasteiger charge is -1.99. The van der Waals surface area contributed by atoms with Crippen LogP contribution in [0.15, 0.2) is 60.7 Å². The number of cyclic esters (lactones) is 2. The van der Waals surface area contributed by atoms with Crippen molar-refractivity contribution < 1.29 is 19.1 Å². The van der Waals surface area contributed by atoms with Gasteiger partial charge in [-0.3, -0.25) is 0 Å². The molecule has 4 nitrogen and oxygen atoms in total. The number of esters is 2. The third kappa shape index (κ3) is 3.97. The number of carbonyl (C=O) groups is 2. The van der Waals surface area contributed by atoms with Crippen LogP contribution in [0.25, 0.3) is 20.9 Å². The van der Waals surface area contributed by atoms with Gasteiger partial charge in [0.2, 0.25) is 0 Å². The Morgan fingerprint density at radius 2 is 1.03 bits per heavy atom. The monoisotopic (exact) mass is 488 g/mol. The van der Waals surface area contributed by atoms with E-state index in [2.05, 4.69) is 13.8 Å². The number of rotatable bonds is 4. The maximum atomic E-state index is 11.8. The molecule has 0 saturated carbocycles. The van der Waals surface area contributed by atoms with Crippen LogP contribution in [0.1, 0.15) is 55.4 Å². The Morgan fingerprint density at radius 1 is 0.647 bits per heavy atom. The van der Waals surface area contributed by atoms with Gasteiger partial charge in [0.05, 0.1) is 11.1 Å². The second kappa shape index (κ2) is 9.57. The second-order valence-corrected chi connectivity index (χ2v) is 10.2. The lowest BCUT2D eigenvalue weighted by atomic mass is 10.1. The minimum Gasteiger partial charge on any atom is -0.457 e. The lowest BCUT2D eigenvalue weighted by Crippen LogP contribution is -1.94. The van der Waals surface area contributed by atoms with E-state index in [-0.39, 0.29) is 11.9 Å². The van der Waals surface area contributed by atoms with Gasteiger partial charge in [-0.15, -0.1) is 22.7 Å². The summed E-state index contributed by atoms with van der Waals surface area (Å²) < 4.78 is 10.3. The zero-order valence-electron chi connectivity index (χ0n) is 19.1. The molecule has 2 aromatic carbocycles. The van der Waals surface area contributed by atoms with Crippen molar-refractivity contribution in [3.63, 3.8) is 0 Å². The number of hydrogen-bond acceptors (Lipinski definition) is 6. The van der Waals surface area contributed by atoms with Crippen molar-refractivity contribution in [1.82, 2.24) is 0 Å². The predicted molar refractivity (Wildman–Crippen MR) is 137 cm³/mol. The average Bonchev–Trinajstić information content (AvgIpc) is 3.64. The Morgan fingerprint density at radius 3 is 1.38 bits per heavy atom. The van der Waals surface area contributed by atoms with Gasteiger partial charge in [-0.2, -0.15) is 0 Å². The highest BCUT2D eigenvalue weighted by atomic mass is 32.1. The van der Waals surface area contributed by atoms with Crippen molar-refractivity contribution in [3.05, 3.63) is 92.7 Å². The number of benzene rings is 2. The van der Waals surface area contributed by atoms with Crippen LogP contribution in [-0.4, -0.2) is 11.9 Å². The van der Waals surface area contributed by atoms with Gasteiger partial charge >= 0.3 is 11.9 Å². The molecule has 0 amide bonds. The molecule has 0 atom stereocenters. The zero-order valence-corrected chi connectivity index (χ0v) is 20.7. The summed E-state index contributed by atoms with van der Waals surface area (Å²) >= 11 is 3.44. The fourth-order valence-corrected chi connectivity index (χ4v) is 6.81. The Labute approximate surface area is 206 Å². The second-order valence-electron chi connectivity index (χ2n) is 8.01. The van der Waals surface area contributed by atoms with Crippen LogP contribution < -0.4 is 0 Å². The largest absolute Gasteiger partial charge is 0.457 e. The number of thiophene rings is 2. The Bertz CT molecular complexity index is 1240. The molecule has 0 saturated heterocycles. The van der Waals surface area contributed by atoms with Crippen LogP contribution in [0.3, 0.4) is 0 Å². The predicted octanol–water partition coefficient (Wildman–Crippen LogP) is 7.30. The molecule has 2 aromatic heterocycles. The van der Waals surface area contributed by atoms with Crippen LogP contribution in [0, 0.1) is 0 Å². The summed E-state index contributed by atoms with van der Waals surface area (Å²) in [5.41, 5.74) is 5.98. The van der Waals surface area contributed by atoms with E-state index in [1.807, 2.05) is 60.7 Å². The van der Waals surface area contributed by atoms with Crippen LogP contribution in [0.2, 0.25) is 0 Å². The summed E-state index contributed by atoms with van der Waals surface area (Å²) in [6, 6.07) is 20.1. The summed E-state index contributed by atoms with van der Waals surface area (Å²) in [6.45, 7) is 5.12. The standard InChI is InChI=1S/2C14H12O2S/c2*1-2-11-10-8-16-14(15)12(10)13(17-11)9-6-4-3-5-7-9/h2*3-7H,2,8H2,1H3. The van der Waals surface area contributed by atoms with Gasteiger partial charge in [0.15, 0.2) is 0 Å². The lowest BCUT2D eigenvalue weighted by molar-refractivity contribution is 0.0526. The molecule has 0 fully saturated rings. The van der Waals surface area contributed by atoms with E-state index in [1.54, 1.807) is 22.7 Å². The van der Waals surface area contributed by atoms with E-state index in [1.165, 1.54) is 9.75 Å². The topological polar surface area (TPSA) is 52.6 Å². The van der Waals surface area contributed by atoms with E-state index in [0.29, 0.717) is 13.2 Å². The fourth-order valence-electron chi connectivity index (χ4n) is 4.34. The van der Waals surface area contributed by atoms with Gasteiger partial charge in [-0.25, -0.2) is 9.59 Å². The summed E-state index contributed by atoms with van der Waals surface area (Å²) in [5.74, 6) is -0.343. The van der Waals surface area contributed by atoms with Crippen LogP contribution in [0.5, 0.6) is 0 Å². The highest BCUT2D eigenvalue weighted by Crippen LogP contribution is 2.42. The summed E-state index contributed by atoms with van der Waals surface area (Å²) in [7, 11) is 0. The van der Waals surface area contributed by atoms with Crippen molar-refractivity contribution in [2.75, 3.05) is 0 Å². The molecular formula is C28H24O4S2.